The minimum atomic E-state index is 0.546. The maximum Gasteiger partial charge on any atom is 0.178 e. The Balaban J connectivity index is 2.68. The van der Waals surface area contributed by atoms with Crippen LogP contribution in [0.3, 0.4) is 0 Å². The van der Waals surface area contributed by atoms with Gasteiger partial charge in [0.15, 0.2) is 4.77 Å². The van der Waals surface area contributed by atoms with Gasteiger partial charge in [0.1, 0.15) is 0 Å². The van der Waals surface area contributed by atoms with Gasteiger partial charge in [0.05, 0.1) is 17.6 Å². The molecule has 72 valence electrons. The van der Waals surface area contributed by atoms with E-state index in [-0.39, 0.29) is 0 Å². The number of aromatic nitrogens is 2. The van der Waals surface area contributed by atoms with Gasteiger partial charge in [0.2, 0.25) is 0 Å². The van der Waals surface area contributed by atoms with Gasteiger partial charge >= 0.3 is 0 Å². The topological polar surface area (TPSA) is 20.7 Å². The Labute approximate surface area is 91.8 Å². The van der Waals surface area contributed by atoms with Crippen molar-refractivity contribution in [1.29, 1.82) is 0 Å². The normalized spacial score (nSPS) is 10.6. The molecule has 0 atom stereocenters. The first-order chi connectivity index (χ1) is 6.68. The second-order valence-corrected chi connectivity index (χ2v) is 3.97. The highest BCUT2D eigenvalue weighted by Crippen LogP contribution is 2.15. The molecule has 0 saturated heterocycles. The number of H-pyrrole nitrogens is 1. The van der Waals surface area contributed by atoms with Crippen molar-refractivity contribution in [3.63, 3.8) is 0 Å². The fraction of sp³-hybridized carbons (Fsp3) is 0.100. The van der Waals surface area contributed by atoms with Crippen LogP contribution in [0.2, 0.25) is 0 Å². The van der Waals surface area contributed by atoms with Crippen molar-refractivity contribution in [2.45, 2.75) is 6.54 Å². The number of para-hydroxylation sites is 2. The van der Waals surface area contributed by atoms with E-state index in [0.717, 1.165) is 11.0 Å². The number of nitrogens with zero attached hydrogens (tertiary/aromatic N) is 1. The summed E-state index contributed by atoms with van der Waals surface area (Å²) in [6.07, 6.45) is 0. The van der Waals surface area contributed by atoms with Gasteiger partial charge < -0.3 is 9.55 Å². The van der Waals surface area contributed by atoms with Crippen molar-refractivity contribution in [2.24, 2.45) is 0 Å². The Morgan fingerprint density at radius 2 is 2.21 bits per heavy atom. The Hall–Kier alpha value is -1.06. The highest BCUT2D eigenvalue weighted by molar-refractivity contribution is 7.71. The van der Waals surface area contributed by atoms with E-state index in [2.05, 4.69) is 11.6 Å². The van der Waals surface area contributed by atoms with Crippen LogP contribution in [-0.4, -0.2) is 9.55 Å². The zero-order valence-corrected chi connectivity index (χ0v) is 9.03. The molecule has 0 spiro atoms. The number of imidazole rings is 1. The third-order valence-corrected chi connectivity index (χ3v) is 2.45. The number of benzene rings is 1. The molecule has 1 N–H and O–H groups in total. The standard InChI is InChI=1S/C10H9ClN2S/c1-7(11)6-13-9-5-3-2-4-8(9)12-10(13)14/h2-5H,1,6H2,(H,12,14). The molecular weight excluding hydrogens is 216 g/mol. The third kappa shape index (κ3) is 1.61. The molecule has 0 aliphatic heterocycles. The van der Waals surface area contributed by atoms with Gasteiger partial charge in [-0.25, -0.2) is 0 Å². The van der Waals surface area contributed by atoms with Crippen LogP contribution in [0.15, 0.2) is 35.9 Å². The summed E-state index contributed by atoms with van der Waals surface area (Å²) in [5, 5.41) is 0.575. The van der Waals surface area contributed by atoms with E-state index in [1.165, 1.54) is 0 Å². The number of fused-ring (bicyclic) bond motifs is 1. The first-order valence-corrected chi connectivity index (χ1v) is 4.98. The number of rotatable bonds is 2. The Kier molecular flexibility index (Phi) is 2.44. The van der Waals surface area contributed by atoms with E-state index in [1.807, 2.05) is 28.8 Å². The number of allylic oxidation sites excluding steroid dienone is 1. The maximum atomic E-state index is 5.77. The van der Waals surface area contributed by atoms with E-state index in [4.69, 9.17) is 23.8 Å². The molecule has 0 bridgehead atoms. The van der Waals surface area contributed by atoms with Crippen molar-refractivity contribution in [3.05, 3.63) is 40.6 Å². The second-order valence-electron chi connectivity index (χ2n) is 3.05. The SMILES string of the molecule is C=C(Cl)Cn1c(=S)[nH]c2ccccc21. The van der Waals surface area contributed by atoms with Gasteiger partial charge in [-0.3, -0.25) is 0 Å². The van der Waals surface area contributed by atoms with Crippen molar-refractivity contribution in [2.75, 3.05) is 0 Å². The molecule has 14 heavy (non-hydrogen) atoms. The number of hydrogen-bond acceptors (Lipinski definition) is 1. The number of hydrogen-bond donors (Lipinski definition) is 1. The lowest BCUT2D eigenvalue weighted by molar-refractivity contribution is 0.825. The van der Waals surface area contributed by atoms with Crippen LogP contribution in [0, 0.1) is 4.77 Å². The van der Waals surface area contributed by atoms with Crippen LogP contribution in [0.1, 0.15) is 0 Å². The van der Waals surface area contributed by atoms with Gasteiger partial charge in [-0.05, 0) is 24.4 Å². The van der Waals surface area contributed by atoms with Gasteiger partial charge in [-0.2, -0.15) is 0 Å². The molecule has 1 aromatic heterocycles. The van der Waals surface area contributed by atoms with Crippen LogP contribution < -0.4 is 0 Å². The molecule has 0 radical (unpaired) electrons. The minimum Gasteiger partial charge on any atom is -0.331 e. The van der Waals surface area contributed by atoms with Gasteiger partial charge in [-0.1, -0.05) is 30.3 Å². The molecule has 0 aliphatic rings. The third-order valence-electron chi connectivity index (χ3n) is 2.01. The predicted molar refractivity (Wildman–Crippen MR) is 62.1 cm³/mol. The molecule has 0 unspecified atom stereocenters. The first kappa shape index (κ1) is 9.49. The summed E-state index contributed by atoms with van der Waals surface area (Å²) in [7, 11) is 0. The summed E-state index contributed by atoms with van der Waals surface area (Å²) in [6.45, 7) is 4.21. The van der Waals surface area contributed by atoms with E-state index < -0.39 is 0 Å². The summed E-state index contributed by atoms with van der Waals surface area (Å²) in [5.41, 5.74) is 2.08. The van der Waals surface area contributed by atoms with Crippen LogP contribution in [0.5, 0.6) is 0 Å². The van der Waals surface area contributed by atoms with Crippen molar-refractivity contribution >= 4 is 34.9 Å². The lowest BCUT2D eigenvalue weighted by atomic mass is 10.3. The van der Waals surface area contributed by atoms with Crippen LogP contribution in [0.4, 0.5) is 0 Å². The summed E-state index contributed by atoms with van der Waals surface area (Å²) in [6, 6.07) is 7.92. The van der Waals surface area contributed by atoms with Crippen molar-refractivity contribution in [1.82, 2.24) is 9.55 Å². The van der Waals surface area contributed by atoms with Gasteiger partial charge in [-0.15, -0.1) is 0 Å². The van der Waals surface area contributed by atoms with Gasteiger partial charge in [0.25, 0.3) is 0 Å². The largest absolute Gasteiger partial charge is 0.331 e. The maximum absolute atomic E-state index is 5.77. The zero-order chi connectivity index (χ0) is 10.1. The van der Waals surface area contributed by atoms with E-state index in [0.29, 0.717) is 16.3 Å². The fourth-order valence-electron chi connectivity index (χ4n) is 1.44. The highest BCUT2D eigenvalue weighted by atomic mass is 35.5. The fourth-order valence-corrected chi connectivity index (χ4v) is 1.83. The molecule has 0 fully saturated rings. The number of aromatic amines is 1. The lowest BCUT2D eigenvalue weighted by Crippen LogP contribution is -1.96. The lowest BCUT2D eigenvalue weighted by Gasteiger charge is -2.01. The van der Waals surface area contributed by atoms with Crippen molar-refractivity contribution in [3.8, 4) is 0 Å². The summed E-state index contributed by atoms with van der Waals surface area (Å²) in [4.78, 5) is 3.11. The molecule has 2 nitrogen and oxygen atoms in total. The smallest absolute Gasteiger partial charge is 0.178 e. The molecule has 0 aliphatic carbocycles. The molecule has 2 rings (SSSR count). The molecule has 1 heterocycles. The predicted octanol–water partition coefficient (Wildman–Crippen LogP) is 3.45. The molecular formula is C10H9ClN2S. The second kappa shape index (κ2) is 3.59. The average Bonchev–Trinajstić information content (AvgIpc) is 2.43. The summed E-state index contributed by atoms with van der Waals surface area (Å²) < 4.78 is 2.60. The Bertz CT molecular complexity index is 538. The average molecular weight is 225 g/mol. The molecule has 1 aromatic carbocycles. The number of halogens is 1. The highest BCUT2D eigenvalue weighted by Gasteiger charge is 2.02. The minimum absolute atomic E-state index is 0.546. The molecule has 0 saturated carbocycles. The zero-order valence-electron chi connectivity index (χ0n) is 7.46. The Morgan fingerprint density at radius 1 is 1.50 bits per heavy atom. The van der Waals surface area contributed by atoms with Gasteiger partial charge in [0, 0.05) is 5.03 Å². The quantitative estimate of drug-likeness (QED) is 0.775. The summed E-state index contributed by atoms with van der Waals surface area (Å²) in [5.74, 6) is 0. The molecule has 2 aromatic rings. The first-order valence-electron chi connectivity index (χ1n) is 4.19. The Morgan fingerprint density at radius 3 is 2.93 bits per heavy atom. The van der Waals surface area contributed by atoms with E-state index >= 15 is 0 Å². The van der Waals surface area contributed by atoms with E-state index in [9.17, 15) is 0 Å². The van der Waals surface area contributed by atoms with Crippen LogP contribution in [-0.2, 0) is 6.54 Å². The van der Waals surface area contributed by atoms with Crippen molar-refractivity contribution < 1.29 is 0 Å². The molecule has 0 amide bonds. The summed E-state index contributed by atoms with van der Waals surface area (Å²) >= 11 is 10.9. The van der Waals surface area contributed by atoms with Crippen LogP contribution in [0.25, 0.3) is 11.0 Å². The monoisotopic (exact) mass is 224 g/mol. The molecule has 4 heteroatoms. The number of nitrogens with one attached hydrogen (secondary N) is 1. The van der Waals surface area contributed by atoms with Crippen LogP contribution >= 0.6 is 23.8 Å². The van der Waals surface area contributed by atoms with E-state index in [1.54, 1.807) is 0 Å².